The van der Waals surface area contributed by atoms with Gasteiger partial charge < -0.3 is 5.73 Å². The Labute approximate surface area is 60.8 Å². The molecule has 2 N–H and O–H groups in total. The Kier molecular flexibility index (Phi) is 1.22. The van der Waals surface area contributed by atoms with Crippen LogP contribution in [0.25, 0.3) is 0 Å². The Bertz CT molecular complexity index is 167. The fourth-order valence-corrected chi connectivity index (χ4v) is 2.59. The van der Waals surface area contributed by atoms with Crippen LogP contribution in [0, 0.1) is 17.8 Å². The summed E-state index contributed by atoms with van der Waals surface area (Å²) in [6.07, 6.45) is 4.94. The van der Waals surface area contributed by atoms with E-state index in [4.69, 9.17) is 5.73 Å². The minimum absolute atomic E-state index is 0.0628. The average Bonchev–Trinajstić information content (AvgIpc) is 2.44. The molecule has 2 saturated carbocycles. The molecule has 2 bridgehead atoms. The van der Waals surface area contributed by atoms with Crippen molar-refractivity contribution in [2.24, 2.45) is 23.5 Å². The summed E-state index contributed by atoms with van der Waals surface area (Å²) in [5.74, 6) is 1.66. The summed E-state index contributed by atoms with van der Waals surface area (Å²) in [7, 11) is 0. The molecule has 0 aromatic rings. The Balaban J connectivity index is 2.08. The highest BCUT2D eigenvalue weighted by atomic mass is 16.1. The zero-order chi connectivity index (χ0) is 7.14. The zero-order valence-electron chi connectivity index (χ0n) is 6.05. The van der Waals surface area contributed by atoms with Crippen LogP contribution in [0.4, 0.5) is 0 Å². The highest BCUT2D eigenvalue weighted by Gasteiger charge is 2.41. The van der Waals surface area contributed by atoms with Gasteiger partial charge in [-0.2, -0.15) is 0 Å². The van der Waals surface area contributed by atoms with Gasteiger partial charge in [0.25, 0.3) is 0 Å². The highest BCUT2D eigenvalue weighted by molar-refractivity contribution is 5.77. The predicted molar refractivity (Wildman–Crippen MR) is 38.1 cm³/mol. The Morgan fingerprint density at radius 2 is 2.10 bits per heavy atom. The van der Waals surface area contributed by atoms with Crippen molar-refractivity contribution in [3.63, 3.8) is 0 Å². The Morgan fingerprint density at radius 1 is 1.30 bits per heavy atom. The molecule has 2 aliphatic carbocycles. The smallest absolute Gasteiger partial charge is 0.220 e. The number of carbonyl (C=O) groups is 1. The van der Waals surface area contributed by atoms with Crippen molar-refractivity contribution < 1.29 is 4.79 Å². The first-order valence-corrected chi connectivity index (χ1v) is 4.06. The van der Waals surface area contributed by atoms with Crippen molar-refractivity contribution in [1.82, 2.24) is 0 Å². The van der Waals surface area contributed by atoms with E-state index in [0.29, 0.717) is 5.92 Å². The van der Waals surface area contributed by atoms with Crippen LogP contribution in [0.15, 0.2) is 0 Å². The van der Waals surface area contributed by atoms with Gasteiger partial charge in [0.2, 0.25) is 5.91 Å². The number of carbonyl (C=O) groups excluding carboxylic acids is 1. The minimum Gasteiger partial charge on any atom is -0.369 e. The van der Waals surface area contributed by atoms with Crippen LogP contribution >= 0.6 is 0 Å². The van der Waals surface area contributed by atoms with Crippen LogP contribution in [0.3, 0.4) is 0 Å². The molecule has 0 unspecified atom stereocenters. The van der Waals surface area contributed by atoms with E-state index in [1.807, 2.05) is 0 Å². The third kappa shape index (κ3) is 0.746. The number of primary amides is 1. The molecule has 0 aromatic heterocycles. The quantitative estimate of drug-likeness (QED) is 0.576. The molecular formula is C8H13NO. The lowest BCUT2D eigenvalue weighted by Crippen LogP contribution is -2.27. The summed E-state index contributed by atoms with van der Waals surface area (Å²) in [5, 5.41) is 0. The molecule has 0 aromatic carbocycles. The number of hydrogen-bond donors (Lipinski definition) is 1. The van der Waals surface area contributed by atoms with E-state index in [-0.39, 0.29) is 11.8 Å². The maximum atomic E-state index is 10.8. The van der Waals surface area contributed by atoms with E-state index < -0.39 is 0 Å². The lowest BCUT2D eigenvalue weighted by molar-refractivity contribution is -0.123. The van der Waals surface area contributed by atoms with Crippen LogP contribution < -0.4 is 5.73 Å². The fourth-order valence-electron chi connectivity index (χ4n) is 2.59. The molecule has 2 aliphatic rings. The third-order valence-corrected chi connectivity index (χ3v) is 3.10. The summed E-state index contributed by atoms with van der Waals surface area (Å²) in [5.41, 5.74) is 5.25. The minimum atomic E-state index is -0.0628. The molecule has 2 fully saturated rings. The summed E-state index contributed by atoms with van der Waals surface area (Å²) in [6.45, 7) is 0. The van der Waals surface area contributed by atoms with Gasteiger partial charge in [0.05, 0.1) is 0 Å². The number of nitrogens with two attached hydrogens (primary N) is 1. The van der Waals surface area contributed by atoms with Crippen molar-refractivity contribution in [2.75, 3.05) is 0 Å². The van der Waals surface area contributed by atoms with Gasteiger partial charge in [-0.3, -0.25) is 4.79 Å². The molecule has 56 valence electrons. The van der Waals surface area contributed by atoms with Crippen molar-refractivity contribution in [2.45, 2.75) is 25.7 Å². The SMILES string of the molecule is NC(=O)[C@@H]1C[C@@H]2CC[C@H]1C2. The third-order valence-electron chi connectivity index (χ3n) is 3.10. The van der Waals surface area contributed by atoms with E-state index in [2.05, 4.69) is 0 Å². The number of fused-ring (bicyclic) bond motifs is 2. The first-order chi connectivity index (χ1) is 4.77. The lowest BCUT2D eigenvalue weighted by Gasteiger charge is -2.17. The first kappa shape index (κ1) is 6.20. The topological polar surface area (TPSA) is 43.1 Å². The van der Waals surface area contributed by atoms with Gasteiger partial charge in [0.15, 0.2) is 0 Å². The average molecular weight is 139 g/mol. The molecule has 2 rings (SSSR count). The van der Waals surface area contributed by atoms with Gasteiger partial charge in [-0.05, 0) is 31.1 Å². The van der Waals surface area contributed by atoms with Gasteiger partial charge in [-0.25, -0.2) is 0 Å². The van der Waals surface area contributed by atoms with Crippen molar-refractivity contribution in [3.05, 3.63) is 0 Å². The molecule has 2 nitrogen and oxygen atoms in total. The molecule has 10 heavy (non-hydrogen) atoms. The molecule has 0 aliphatic heterocycles. The fraction of sp³-hybridized carbons (Fsp3) is 0.875. The Morgan fingerprint density at radius 3 is 2.40 bits per heavy atom. The molecular weight excluding hydrogens is 126 g/mol. The second-order valence-corrected chi connectivity index (χ2v) is 3.68. The molecule has 0 radical (unpaired) electrons. The second-order valence-electron chi connectivity index (χ2n) is 3.68. The van der Waals surface area contributed by atoms with Crippen LogP contribution in [0.2, 0.25) is 0 Å². The maximum Gasteiger partial charge on any atom is 0.220 e. The van der Waals surface area contributed by atoms with Crippen LogP contribution in [-0.2, 0) is 4.79 Å². The summed E-state index contributed by atoms with van der Waals surface area (Å²) in [4.78, 5) is 10.8. The second kappa shape index (κ2) is 1.97. The van der Waals surface area contributed by atoms with E-state index in [1.54, 1.807) is 0 Å². The van der Waals surface area contributed by atoms with E-state index in [0.717, 1.165) is 12.3 Å². The van der Waals surface area contributed by atoms with Crippen LogP contribution in [-0.4, -0.2) is 5.91 Å². The number of amides is 1. The molecule has 0 saturated heterocycles. The predicted octanol–water partition coefficient (Wildman–Crippen LogP) is 0.908. The van der Waals surface area contributed by atoms with Gasteiger partial charge in [0, 0.05) is 5.92 Å². The van der Waals surface area contributed by atoms with Crippen molar-refractivity contribution >= 4 is 5.91 Å². The normalized spacial score (nSPS) is 44.2. The Hall–Kier alpha value is -0.530. The molecule has 0 spiro atoms. The van der Waals surface area contributed by atoms with Gasteiger partial charge in [-0.1, -0.05) is 6.42 Å². The van der Waals surface area contributed by atoms with Gasteiger partial charge in [0.1, 0.15) is 0 Å². The van der Waals surface area contributed by atoms with E-state index >= 15 is 0 Å². The van der Waals surface area contributed by atoms with Gasteiger partial charge >= 0.3 is 0 Å². The first-order valence-electron chi connectivity index (χ1n) is 4.06. The van der Waals surface area contributed by atoms with Crippen LogP contribution in [0.1, 0.15) is 25.7 Å². The molecule has 2 heteroatoms. The molecule has 0 heterocycles. The standard InChI is InChI=1S/C8H13NO/c9-8(10)7-4-5-1-2-6(7)3-5/h5-7H,1-4H2,(H2,9,10)/t5-,6+,7-/m1/s1. The summed E-state index contributed by atoms with van der Waals surface area (Å²) < 4.78 is 0. The largest absolute Gasteiger partial charge is 0.369 e. The zero-order valence-corrected chi connectivity index (χ0v) is 6.05. The number of hydrogen-bond acceptors (Lipinski definition) is 1. The maximum absolute atomic E-state index is 10.8. The van der Waals surface area contributed by atoms with Crippen molar-refractivity contribution in [1.29, 1.82) is 0 Å². The summed E-state index contributed by atoms with van der Waals surface area (Å²) >= 11 is 0. The summed E-state index contributed by atoms with van der Waals surface area (Å²) in [6, 6.07) is 0. The molecule has 1 amide bonds. The van der Waals surface area contributed by atoms with Crippen molar-refractivity contribution in [3.8, 4) is 0 Å². The van der Waals surface area contributed by atoms with Crippen LogP contribution in [0.5, 0.6) is 0 Å². The van der Waals surface area contributed by atoms with E-state index in [1.165, 1.54) is 19.3 Å². The molecule has 3 atom stereocenters. The monoisotopic (exact) mass is 139 g/mol. The number of rotatable bonds is 1. The highest BCUT2D eigenvalue weighted by Crippen LogP contribution is 2.47. The lowest BCUT2D eigenvalue weighted by atomic mass is 9.88. The van der Waals surface area contributed by atoms with Gasteiger partial charge in [-0.15, -0.1) is 0 Å². The van der Waals surface area contributed by atoms with E-state index in [9.17, 15) is 4.79 Å².